The van der Waals surface area contributed by atoms with E-state index in [4.69, 9.17) is 11.6 Å². The van der Waals surface area contributed by atoms with Gasteiger partial charge in [-0.1, -0.05) is 12.8 Å². The molecule has 0 heterocycles. The molecule has 0 unspecified atom stereocenters. The number of rotatable bonds is 5. The zero-order chi connectivity index (χ0) is 15.6. The molecule has 0 aromatic carbocycles. The van der Waals surface area contributed by atoms with Crippen molar-refractivity contribution in [1.82, 2.24) is 5.32 Å². The first-order valence-electron chi connectivity index (χ1n) is 5.89. The number of hydrogen-bond acceptors (Lipinski definition) is 2. The fourth-order valence-electron chi connectivity index (χ4n) is 2.27. The number of alkyl halides is 6. The van der Waals surface area contributed by atoms with Crippen molar-refractivity contribution in [2.45, 2.75) is 49.7 Å². The lowest BCUT2D eigenvalue weighted by Gasteiger charge is -2.31. The monoisotopic (exact) mass is 321 g/mol. The Morgan fingerprint density at radius 1 is 1.10 bits per heavy atom. The van der Waals surface area contributed by atoms with E-state index in [-0.39, 0.29) is 25.1 Å². The minimum Gasteiger partial charge on any atom is -0.345 e. The summed E-state index contributed by atoms with van der Waals surface area (Å²) < 4.78 is 62.2. The molecule has 0 atom stereocenters. The summed E-state index contributed by atoms with van der Waals surface area (Å²) >= 11 is 5.30. The van der Waals surface area contributed by atoms with E-state index in [0.29, 0.717) is 12.8 Å². The highest BCUT2D eigenvalue weighted by atomic mass is 35.5. The van der Waals surface area contributed by atoms with Crippen LogP contribution in [0.25, 0.3) is 0 Å². The maximum atomic E-state index is 12.9. The molecule has 1 N–H and O–H groups in total. The second kappa shape index (κ2) is 5.83. The van der Waals surface area contributed by atoms with Crippen molar-refractivity contribution in [2.75, 3.05) is 5.88 Å². The lowest BCUT2D eigenvalue weighted by molar-refractivity contribution is -0.270. The fourth-order valence-corrected chi connectivity index (χ4v) is 2.36. The van der Waals surface area contributed by atoms with Gasteiger partial charge in [-0.25, -0.2) is 0 Å². The maximum absolute atomic E-state index is 12.9. The summed E-state index contributed by atoms with van der Waals surface area (Å²) in [6.07, 6.45) is -4.88. The Balaban J connectivity index is 2.86. The molecule has 1 rings (SSSR count). The van der Waals surface area contributed by atoms with Gasteiger partial charge < -0.3 is 5.32 Å². The van der Waals surface area contributed by atoms with Gasteiger partial charge in [0.1, 0.15) is 5.78 Å². The van der Waals surface area contributed by atoms with Gasteiger partial charge in [0.15, 0.2) is 0 Å². The van der Waals surface area contributed by atoms with E-state index in [1.54, 1.807) is 5.32 Å². The van der Waals surface area contributed by atoms with Crippen LogP contribution < -0.4 is 5.32 Å². The summed E-state index contributed by atoms with van der Waals surface area (Å²) in [5.41, 5.74) is -1.35. The lowest BCUT2D eigenvalue weighted by Crippen LogP contribution is -2.57. The van der Waals surface area contributed by atoms with Crippen LogP contribution in [0.5, 0.6) is 0 Å². The smallest absolute Gasteiger partial charge is 0.345 e. The molecular weight excluding hydrogens is 309 g/mol. The number of nitrogens with one attached hydrogen (secondary N) is 1. The van der Waals surface area contributed by atoms with Crippen LogP contribution in [0.2, 0.25) is 0 Å². The molecule has 1 saturated carbocycles. The van der Waals surface area contributed by atoms with Gasteiger partial charge in [0.05, 0.1) is 5.88 Å². The van der Waals surface area contributed by atoms with Gasteiger partial charge in [-0.15, -0.1) is 11.6 Å². The molecule has 0 aliphatic heterocycles. The molecule has 1 amide bonds. The third-order valence-electron chi connectivity index (χ3n) is 3.27. The Morgan fingerprint density at radius 3 is 2.00 bits per heavy atom. The second-order valence-electron chi connectivity index (χ2n) is 4.86. The Labute approximate surface area is 116 Å². The first kappa shape index (κ1) is 17.1. The van der Waals surface area contributed by atoms with Gasteiger partial charge in [0.25, 0.3) is 0 Å². The minimum absolute atomic E-state index is 0.176. The summed E-state index contributed by atoms with van der Waals surface area (Å²) in [4.78, 5) is 22.5. The SMILES string of the molecule is O=C(CCl)CC1(NC(=O)C(F)(F)C(F)(F)F)CCCC1. The number of amides is 1. The molecule has 0 spiro atoms. The summed E-state index contributed by atoms with van der Waals surface area (Å²) in [6.45, 7) is 0. The molecule has 9 heteroatoms. The van der Waals surface area contributed by atoms with Crippen molar-refractivity contribution in [1.29, 1.82) is 0 Å². The Bertz CT molecular complexity index is 391. The second-order valence-corrected chi connectivity index (χ2v) is 5.13. The summed E-state index contributed by atoms with van der Waals surface area (Å²) in [7, 11) is 0. The van der Waals surface area contributed by atoms with Crippen molar-refractivity contribution in [2.24, 2.45) is 0 Å². The highest BCUT2D eigenvalue weighted by Crippen LogP contribution is 2.38. The molecule has 0 saturated heterocycles. The summed E-state index contributed by atoms with van der Waals surface area (Å²) in [5.74, 6) is -8.79. The van der Waals surface area contributed by atoms with Crippen molar-refractivity contribution in [3.05, 3.63) is 0 Å². The van der Waals surface area contributed by atoms with Crippen LogP contribution in [0.4, 0.5) is 22.0 Å². The molecule has 20 heavy (non-hydrogen) atoms. The Morgan fingerprint density at radius 2 is 1.60 bits per heavy atom. The van der Waals surface area contributed by atoms with Gasteiger partial charge in [0.2, 0.25) is 0 Å². The van der Waals surface area contributed by atoms with Crippen molar-refractivity contribution in [3.63, 3.8) is 0 Å². The third kappa shape index (κ3) is 3.59. The standard InChI is InChI=1S/C11H13ClF5NO2/c12-6-7(19)5-9(3-1-2-4-9)18-8(20)10(13,14)11(15,16)17/h1-6H2,(H,18,20). The molecular formula is C11H13ClF5NO2. The Kier molecular flexibility index (Phi) is 4.99. The van der Waals surface area contributed by atoms with Gasteiger partial charge in [0, 0.05) is 12.0 Å². The largest absolute Gasteiger partial charge is 0.463 e. The van der Waals surface area contributed by atoms with Crippen molar-refractivity contribution >= 4 is 23.3 Å². The van der Waals surface area contributed by atoms with Crippen molar-refractivity contribution < 1.29 is 31.5 Å². The highest BCUT2D eigenvalue weighted by molar-refractivity contribution is 6.27. The van der Waals surface area contributed by atoms with E-state index in [0.717, 1.165) is 0 Å². The third-order valence-corrected chi connectivity index (χ3v) is 3.56. The van der Waals surface area contributed by atoms with E-state index < -0.39 is 29.3 Å². The van der Waals surface area contributed by atoms with Gasteiger partial charge in [-0.05, 0) is 12.8 Å². The summed E-state index contributed by atoms with van der Waals surface area (Å²) in [6, 6.07) is 0. The number of carbonyl (C=O) groups excluding carboxylic acids is 2. The molecule has 0 aromatic heterocycles. The first-order valence-corrected chi connectivity index (χ1v) is 6.42. The predicted molar refractivity (Wildman–Crippen MR) is 60.7 cm³/mol. The quantitative estimate of drug-likeness (QED) is 0.625. The van der Waals surface area contributed by atoms with Crippen molar-refractivity contribution in [3.8, 4) is 0 Å². The normalized spacial score (nSPS) is 18.9. The fraction of sp³-hybridized carbons (Fsp3) is 0.818. The van der Waals surface area contributed by atoms with E-state index in [1.165, 1.54) is 0 Å². The lowest BCUT2D eigenvalue weighted by atomic mass is 9.90. The average molecular weight is 322 g/mol. The van der Waals surface area contributed by atoms with E-state index in [9.17, 15) is 31.5 Å². The molecule has 0 radical (unpaired) electrons. The minimum atomic E-state index is -5.96. The highest BCUT2D eigenvalue weighted by Gasteiger charge is 2.64. The van der Waals surface area contributed by atoms with E-state index in [1.807, 2.05) is 0 Å². The summed E-state index contributed by atoms with van der Waals surface area (Å²) in [5, 5.41) is 1.72. The van der Waals surface area contributed by atoms with Crippen LogP contribution in [0.1, 0.15) is 32.1 Å². The number of Topliss-reactive ketones (excluding diaryl/α,β-unsaturated/α-hetero) is 1. The van der Waals surface area contributed by atoms with Crippen LogP contribution in [-0.2, 0) is 9.59 Å². The van der Waals surface area contributed by atoms with Crippen LogP contribution in [0.3, 0.4) is 0 Å². The topological polar surface area (TPSA) is 46.2 Å². The molecule has 116 valence electrons. The van der Waals surface area contributed by atoms with Crippen LogP contribution in [0.15, 0.2) is 0 Å². The van der Waals surface area contributed by atoms with Gasteiger partial charge >= 0.3 is 18.0 Å². The number of halogens is 6. The zero-order valence-electron chi connectivity index (χ0n) is 10.3. The van der Waals surface area contributed by atoms with E-state index >= 15 is 0 Å². The number of hydrogen-bond donors (Lipinski definition) is 1. The van der Waals surface area contributed by atoms with E-state index in [2.05, 4.69) is 0 Å². The van der Waals surface area contributed by atoms with Gasteiger partial charge in [-0.3, -0.25) is 9.59 Å². The molecule has 0 bridgehead atoms. The number of ketones is 1. The molecule has 1 fully saturated rings. The first-order chi connectivity index (χ1) is 9.04. The van der Waals surface area contributed by atoms with Crippen LogP contribution >= 0.6 is 11.6 Å². The molecule has 0 aromatic rings. The molecule has 3 nitrogen and oxygen atoms in total. The molecule has 1 aliphatic rings. The number of carbonyl (C=O) groups is 2. The van der Waals surface area contributed by atoms with Crippen LogP contribution in [0, 0.1) is 0 Å². The zero-order valence-corrected chi connectivity index (χ0v) is 11.1. The Hall–Kier alpha value is -0.920. The van der Waals surface area contributed by atoms with Gasteiger partial charge in [-0.2, -0.15) is 22.0 Å². The average Bonchev–Trinajstić information content (AvgIpc) is 2.75. The maximum Gasteiger partial charge on any atom is 0.463 e. The van der Waals surface area contributed by atoms with Crippen LogP contribution in [-0.4, -0.2) is 35.2 Å². The molecule has 1 aliphatic carbocycles. The predicted octanol–water partition coefficient (Wildman–Crippen LogP) is 2.81.